The number of nitrogens with zero attached hydrogens (tertiary/aromatic N) is 5. The van der Waals surface area contributed by atoms with Crippen LogP contribution in [-0.2, 0) is 0 Å². The minimum atomic E-state index is 0.697. The number of rotatable bonds is 5. The highest BCUT2D eigenvalue weighted by molar-refractivity contribution is 6.18. The second-order valence-electron chi connectivity index (χ2n) is 12.4. The van der Waals surface area contributed by atoms with E-state index in [-0.39, 0.29) is 0 Å². The summed E-state index contributed by atoms with van der Waals surface area (Å²) in [6.45, 7) is 0. The van der Waals surface area contributed by atoms with E-state index in [2.05, 4.69) is 167 Å². The fraction of sp³-hybridized carbons (Fsp3) is 0. The largest absolute Gasteiger partial charge is 0.316 e. The van der Waals surface area contributed by atoms with Crippen LogP contribution in [0.15, 0.2) is 176 Å². The minimum Gasteiger partial charge on any atom is -0.316 e. The van der Waals surface area contributed by atoms with Gasteiger partial charge in [-0.25, -0.2) is 9.50 Å². The summed E-state index contributed by atoms with van der Waals surface area (Å²) in [5.41, 5.74) is 12.1. The van der Waals surface area contributed by atoms with E-state index in [9.17, 15) is 0 Å². The van der Waals surface area contributed by atoms with Crippen molar-refractivity contribution in [1.82, 2.24) is 23.7 Å². The van der Waals surface area contributed by atoms with Gasteiger partial charge in [-0.05, 0) is 89.5 Å². The zero-order valence-electron chi connectivity index (χ0n) is 26.5. The number of benzene rings is 6. The Balaban J connectivity index is 1.08. The zero-order chi connectivity index (χ0) is 32.3. The van der Waals surface area contributed by atoms with Crippen molar-refractivity contribution in [3.05, 3.63) is 176 Å². The third kappa shape index (κ3) is 4.40. The van der Waals surface area contributed by atoms with Gasteiger partial charge >= 0.3 is 0 Å². The van der Waals surface area contributed by atoms with Crippen molar-refractivity contribution < 1.29 is 0 Å². The van der Waals surface area contributed by atoms with Crippen LogP contribution < -0.4 is 0 Å². The van der Waals surface area contributed by atoms with Gasteiger partial charge in [-0.3, -0.25) is 0 Å². The smallest absolute Gasteiger partial charge is 0.182 e. The molecule has 0 amide bonds. The van der Waals surface area contributed by atoms with Crippen molar-refractivity contribution in [3.63, 3.8) is 0 Å². The molecule has 0 atom stereocenters. The van der Waals surface area contributed by atoms with E-state index in [1.807, 2.05) is 22.8 Å². The molecule has 0 saturated carbocycles. The van der Waals surface area contributed by atoms with Crippen LogP contribution in [0.2, 0.25) is 0 Å². The first-order chi connectivity index (χ1) is 24.3. The molecule has 0 radical (unpaired) electrons. The second kappa shape index (κ2) is 10.9. The van der Waals surface area contributed by atoms with E-state index in [1.165, 1.54) is 43.8 Å². The Bertz CT molecular complexity index is 2800. The molecule has 0 bridgehead atoms. The predicted octanol–water partition coefficient (Wildman–Crippen LogP) is 10.8. The molecule has 5 nitrogen and oxygen atoms in total. The number of para-hydroxylation sites is 2. The summed E-state index contributed by atoms with van der Waals surface area (Å²) in [5, 5.41) is 8.60. The summed E-state index contributed by atoms with van der Waals surface area (Å²) in [7, 11) is 0. The SMILES string of the molecule is c1ccc(-c2cccc(-c3cccn4nc(-c5ccc(-n6c7ccccc7c7ccc8c(ccn8-c8ccccc8)c76)cc5)nc34)c2)cc1. The Hall–Kier alpha value is -6.72. The molecule has 0 aliphatic carbocycles. The average Bonchev–Trinajstić information content (AvgIpc) is 3.90. The molecule has 0 aliphatic rings. The molecule has 49 heavy (non-hydrogen) atoms. The molecule has 5 heteroatoms. The molecule has 4 heterocycles. The Morgan fingerprint density at radius 3 is 2.04 bits per heavy atom. The Labute approximate surface area is 282 Å². The highest BCUT2D eigenvalue weighted by Crippen LogP contribution is 2.38. The number of hydrogen-bond donors (Lipinski definition) is 0. The van der Waals surface area contributed by atoms with Gasteiger partial charge in [-0.15, -0.1) is 5.10 Å². The van der Waals surface area contributed by atoms with Gasteiger partial charge in [0, 0.05) is 51.1 Å². The van der Waals surface area contributed by atoms with Crippen molar-refractivity contribution >= 4 is 38.4 Å². The van der Waals surface area contributed by atoms with Gasteiger partial charge in [0.1, 0.15) is 0 Å². The summed E-state index contributed by atoms with van der Waals surface area (Å²) >= 11 is 0. The maximum atomic E-state index is 5.07. The normalized spacial score (nSPS) is 11.7. The number of hydrogen-bond acceptors (Lipinski definition) is 2. The monoisotopic (exact) mass is 627 g/mol. The lowest BCUT2D eigenvalue weighted by molar-refractivity contribution is 0.966. The van der Waals surface area contributed by atoms with E-state index >= 15 is 0 Å². The van der Waals surface area contributed by atoms with Crippen molar-refractivity contribution in [2.24, 2.45) is 0 Å². The van der Waals surface area contributed by atoms with E-state index < -0.39 is 0 Å². The van der Waals surface area contributed by atoms with Crippen LogP contribution in [0.4, 0.5) is 0 Å². The lowest BCUT2D eigenvalue weighted by atomic mass is 10.00. The Morgan fingerprint density at radius 1 is 0.429 bits per heavy atom. The zero-order valence-corrected chi connectivity index (χ0v) is 26.5. The molecule has 0 spiro atoms. The highest BCUT2D eigenvalue weighted by atomic mass is 15.3. The maximum absolute atomic E-state index is 5.07. The van der Waals surface area contributed by atoms with Crippen molar-refractivity contribution in [2.45, 2.75) is 0 Å². The van der Waals surface area contributed by atoms with Gasteiger partial charge in [0.05, 0.1) is 16.6 Å². The minimum absolute atomic E-state index is 0.697. The Morgan fingerprint density at radius 2 is 1.18 bits per heavy atom. The van der Waals surface area contributed by atoms with Crippen LogP contribution in [-0.4, -0.2) is 23.7 Å². The average molecular weight is 628 g/mol. The summed E-state index contributed by atoms with van der Waals surface area (Å²) in [6.07, 6.45) is 4.14. The molecule has 0 unspecified atom stereocenters. The van der Waals surface area contributed by atoms with Gasteiger partial charge in [0.2, 0.25) is 0 Å². The fourth-order valence-electron chi connectivity index (χ4n) is 7.27. The van der Waals surface area contributed by atoms with Gasteiger partial charge in [0.25, 0.3) is 0 Å². The quantitative estimate of drug-likeness (QED) is 0.190. The van der Waals surface area contributed by atoms with Gasteiger partial charge in [-0.1, -0.05) is 91.0 Å². The molecule has 0 saturated heterocycles. The van der Waals surface area contributed by atoms with E-state index in [4.69, 9.17) is 10.1 Å². The molecule has 0 N–H and O–H groups in total. The predicted molar refractivity (Wildman–Crippen MR) is 200 cm³/mol. The van der Waals surface area contributed by atoms with Gasteiger partial charge in [-0.2, -0.15) is 0 Å². The van der Waals surface area contributed by atoms with E-state index in [0.29, 0.717) is 5.82 Å². The molecule has 0 aliphatic heterocycles. The van der Waals surface area contributed by atoms with Gasteiger partial charge < -0.3 is 9.13 Å². The molecule has 4 aromatic heterocycles. The van der Waals surface area contributed by atoms with Crippen LogP contribution in [0.3, 0.4) is 0 Å². The first-order valence-corrected chi connectivity index (χ1v) is 16.5. The Kier molecular flexibility index (Phi) is 6.11. The molecule has 230 valence electrons. The van der Waals surface area contributed by atoms with Crippen molar-refractivity contribution in [3.8, 4) is 45.0 Å². The maximum Gasteiger partial charge on any atom is 0.182 e. The number of pyridine rings is 1. The second-order valence-corrected chi connectivity index (χ2v) is 12.4. The van der Waals surface area contributed by atoms with Gasteiger partial charge in [0.15, 0.2) is 11.5 Å². The molecule has 10 rings (SSSR count). The highest BCUT2D eigenvalue weighted by Gasteiger charge is 2.18. The van der Waals surface area contributed by atoms with Crippen molar-refractivity contribution in [1.29, 1.82) is 0 Å². The summed E-state index contributed by atoms with van der Waals surface area (Å²) in [4.78, 5) is 5.07. The number of fused-ring (bicyclic) bond motifs is 6. The lowest BCUT2D eigenvalue weighted by Crippen LogP contribution is -1.95. The number of aromatic nitrogens is 5. The topological polar surface area (TPSA) is 40.0 Å². The van der Waals surface area contributed by atoms with Crippen LogP contribution in [0.25, 0.3) is 83.4 Å². The first-order valence-electron chi connectivity index (χ1n) is 16.5. The van der Waals surface area contributed by atoms with Crippen LogP contribution in [0.1, 0.15) is 0 Å². The van der Waals surface area contributed by atoms with E-state index in [0.717, 1.165) is 33.7 Å². The fourth-order valence-corrected chi connectivity index (χ4v) is 7.27. The molecule has 6 aromatic carbocycles. The summed E-state index contributed by atoms with van der Waals surface area (Å²) in [6, 6.07) is 57.8. The standard InChI is InChI=1S/C44H29N5/c1-3-11-30(12-4-1)32-13-9-14-33(29-32)36-18-10-27-48-44(36)45-43(46-48)31-20-22-35(23-21-31)49-41-19-8-7-17-37(41)38-24-25-40-39(42(38)49)26-28-47(40)34-15-5-2-6-16-34/h1-29H. The summed E-state index contributed by atoms with van der Waals surface area (Å²) in [5.74, 6) is 0.697. The first kappa shape index (κ1) is 27.4. The van der Waals surface area contributed by atoms with Crippen LogP contribution >= 0.6 is 0 Å². The van der Waals surface area contributed by atoms with Crippen LogP contribution in [0, 0.1) is 0 Å². The third-order valence-corrected chi connectivity index (χ3v) is 9.56. The molecular formula is C44H29N5. The van der Waals surface area contributed by atoms with E-state index in [1.54, 1.807) is 0 Å². The third-order valence-electron chi connectivity index (χ3n) is 9.56. The molecule has 10 aromatic rings. The van der Waals surface area contributed by atoms with Crippen molar-refractivity contribution in [2.75, 3.05) is 0 Å². The summed E-state index contributed by atoms with van der Waals surface area (Å²) < 4.78 is 6.54. The van der Waals surface area contributed by atoms with Crippen LogP contribution in [0.5, 0.6) is 0 Å². The lowest BCUT2D eigenvalue weighted by Gasteiger charge is -2.10. The molecule has 0 fully saturated rings. The molecular weight excluding hydrogens is 599 g/mol.